The molecule has 25 heavy (non-hydrogen) atoms. The molecule has 1 N–H and O–H groups in total. The van der Waals surface area contributed by atoms with Crippen molar-refractivity contribution in [1.82, 2.24) is 14.8 Å². The van der Waals surface area contributed by atoms with Gasteiger partial charge in [0.05, 0.1) is 6.26 Å². The average molecular weight is 338 g/mol. The van der Waals surface area contributed by atoms with E-state index in [1.54, 1.807) is 18.4 Å². The monoisotopic (exact) mass is 338 g/mol. The Balaban J connectivity index is 1.90. The van der Waals surface area contributed by atoms with Crippen molar-refractivity contribution in [2.24, 2.45) is 5.41 Å². The molecule has 0 spiro atoms. The summed E-state index contributed by atoms with van der Waals surface area (Å²) < 4.78 is 6.68. The zero-order valence-corrected chi connectivity index (χ0v) is 14.9. The zero-order chi connectivity index (χ0) is 18.0. The summed E-state index contributed by atoms with van der Waals surface area (Å²) in [4.78, 5) is 17.2. The molecule has 0 amide bonds. The van der Waals surface area contributed by atoms with Crippen LogP contribution in [0.15, 0.2) is 47.1 Å². The Bertz CT molecular complexity index is 856. The Kier molecular flexibility index (Phi) is 4.44. The van der Waals surface area contributed by atoms with Gasteiger partial charge >= 0.3 is 0 Å². The largest absolute Gasteiger partial charge is 0.461 e. The molecule has 6 heteroatoms. The van der Waals surface area contributed by atoms with Crippen molar-refractivity contribution in [2.45, 2.75) is 34.2 Å². The van der Waals surface area contributed by atoms with E-state index in [0.717, 1.165) is 5.56 Å². The van der Waals surface area contributed by atoms with E-state index < -0.39 is 5.41 Å². The highest BCUT2D eigenvalue weighted by atomic mass is 16.3. The Labute approximate surface area is 146 Å². The topological polar surface area (TPSA) is 73.0 Å². The molecule has 0 unspecified atom stereocenters. The van der Waals surface area contributed by atoms with Gasteiger partial charge in [-0.15, -0.1) is 5.10 Å². The summed E-state index contributed by atoms with van der Waals surface area (Å²) in [5.74, 6) is 1.18. The van der Waals surface area contributed by atoms with E-state index in [0.29, 0.717) is 24.1 Å². The smallest absolute Gasteiger partial charge is 0.255 e. The first kappa shape index (κ1) is 17.0. The van der Waals surface area contributed by atoms with Gasteiger partial charge in [-0.2, -0.15) is 9.67 Å². The predicted octanol–water partition coefficient (Wildman–Crippen LogP) is 4.14. The van der Waals surface area contributed by atoms with Gasteiger partial charge in [0.15, 0.2) is 5.76 Å². The molecule has 6 nitrogen and oxygen atoms in total. The molecule has 130 valence electrons. The molecule has 0 atom stereocenters. The van der Waals surface area contributed by atoms with Gasteiger partial charge in [0.2, 0.25) is 11.8 Å². The van der Waals surface area contributed by atoms with E-state index in [4.69, 9.17) is 4.42 Å². The minimum atomic E-state index is -0.575. The number of benzene rings is 1. The molecule has 0 aliphatic rings. The first-order chi connectivity index (χ1) is 11.8. The van der Waals surface area contributed by atoms with E-state index >= 15 is 0 Å². The number of carbonyl (C=O) groups excluding carboxylic acids is 1. The molecule has 0 saturated heterocycles. The van der Waals surface area contributed by atoms with Crippen molar-refractivity contribution in [3.8, 4) is 11.6 Å². The SMILES string of the molecule is Cc1ccc(CNc2nc(-c3ccco3)nn2C(=O)C(C)(C)C)cc1. The van der Waals surface area contributed by atoms with Gasteiger partial charge in [-0.3, -0.25) is 4.79 Å². The third-order valence-corrected chi connectivity index (χ3v) is 3.75. The third kappa shape index (κ3) is 3.79. The van der Waals surface area contributed by atoms with Crippen molar-refractivity contribution in [3.05, 3.63) is 53.8 Å². The summed E-state index contributed by atoms with van der Waals surface area (Å²) in [7, 11) is 0. The normalized spacial score (nSPS) is 11.5. The van der Waals surface area contributed by atoms with Gasteiger partial charge in [0, 0.05) is 12.0 Å². The van der Waals surface area contributed by atoms with Gasteiger partial charge in [-0.1, -0.05) is 50.6 Å². The number of hydrogen-bond acceptors (Lipinski definition) is 5. The fraction of sp³-hybridized carbons (Fsp3) is 0.316. The first-order valence-electron chi connectivity index (χ1n) is 8.20. The highest BCUT2D eigenvalue weighted by Crippen LogP contribution is 2.23. The summed E-state index contributed by atoms with van der Waals surface area (Å²) in [6.45, 7) is 8.16. The third-order valence-electron chi connectivity index (χ3n) is 3.75. The lowest BCUT2D eigenvalue weighted by Crippen LogP contribution is -2.29. The average Bonchev–Trinajstić information content (AvgIpc) is 3.22. The lowest BCUT2D eigenvalue weighted by Gasteiger charge is -2.17. The number of rotatable bonds is 4. The number of hydrogen-bond donors (Lipinski definition) is 1. The van der Waals surface area contributed by atoms with Crippen molar-refractivity contribution >= 4 is 11.9 Å². The number of furan rings is 1. The van der Waals surface area contributed by atoms with Crippen LogP contribution in [0.2, 0.25) is 0 Å². The van der Waals surface area contributed by atoms with E-state index in [-0.39, 0.29) is 5.91 Å². The standard InChI is InChI=1S/C19H22N4O2/c1-13-7-9-14(10-8-13)12-20-18-21-16(15-6-5-11-25-15)22-23(18)17(24)19(2,3)4/h5-11H,12H2,1-4H3,(H,20,21,22). The number of anilines is 1. The first-order valence-corrected chi connectivity index (χ1v) is 8.20. The van der Waals surface area contributed by atoms with Crippen molar-refractivity contribution < 1.29 is 9.21 Å². The number of aryl methyl sites for hydroxylation is 1. The maximum absolute atomic E-state index is 12.7. The zero-order valence-electron chi connectivity index (χ0n) is 14.9. The Morgan fingerprint density at radius 3 is 2.52 bits per heavy atom. The lowest BCUT2D eigenvalue weighted by molar-refractivity contribution is 0.0752. The molecule has 3 rings (SSSR count). The number of carbonyl (C=O) groups is 1. The molecule has 3 aromatic rings. The summed E-state index contributed by atoms with van der Waals surface area (Å²) in [5.41, 5.74) is 1.73. The van der Waals surface area contributed by atoms with Gasteiger partial charge in [-0.05, 0) is 24.6 Å². The maximum Gasteiger partial charge on any atom is 0.255 e. The molecule has 0 saturated carbocycles. The predicted molar refractivity (Wildman–Crippen MR) is 96.3 cm³/mol. The molecule has 0 radical (unpaired) electrons. The fourth-order valence-electron chi connectivity index (χ4n) is 2.28. The Morgan fingerprint density at radius 2 is 1.92 bits per heavy atom. The van der Waals surface area contributed by atoms with Crippen LogP contribution in [0.1, 0.15) is 36.7 Å². The van der Waals surface area contributed by atoms with E-state index in [9.17, 15) is 4.79 Å². The van der Waals surface area contributed by atoms with Crippen LogP contribution in [0, 0.1) is 12.3 Å². The molecule has 0 aliphatic carbocycles. The van der Waals surface area contributed by atoms with E-state index in [1.807, 2.05) is 39.8 Å². The molecule has 2 heterocycles. The summed E-state index contributed by atoms with van der Waals surface area (Å²) >= 11 is 0. The van der Waals surface area contributed by atoms with Crippen LogP contribution in [0.5, 0.6) is 0 Å². The van der Waals surface area contributed by atoms with Crippen LogP contribution >= 0.6 is 0 Å². The second kappa shape index (κ2) is 6.55. The highest BCUT2D eigenvalue weighted by Gasteiger charge is 2.28. The van der Waals surface area contributed by atoms with Crippen LogP contribution in [-0.2, 0) is 6.54 Å². The molecule has 0 aliphatic heterocycles. The molecule has 0 bridgehead atoms. The summed E-state index contributed by atoms with van der Waals surface area (Å²) in [6.07, 6.45) is 1.56. The second-order valence-electron chi connectivity index (χ2n) is 7.04. The summed E-state index contributed by atoms with van der Waals surface area (Å²) in [6, 6.07) is 11.7. The van der Waals surface area contributed by atoms with Gasteiger partial charge < -0.3 is 9.73 Å². The van der Waals surface area contributed by atoms with Crippen LogP contribution in [-0.4, -0.2) is 20.7 Å². The molecular formula is C19H22N4O2. The van der Waals surface area contributed by atoms with Gasteiger partial charge in [0.1, 0.15) is 0 Å². The minimum absolute atomic E-state index is 0.135. The van der Waals surface area contributed by atoms with Gasteiger partial charge in [0.25, 0.3) is 5.91 Å². The van der Waals surface area contributed by atoms with Crippen LogP contribution in [0.3, 0.4) is 0 Å². The number of nitrogens with zero attached hydrogens (tertiary/aromatic N) is 3. The highest BCUT2D eigenvalue weighted by molar-refractivity contribution is 5.85. The van der Waals surface area contributed by atoms with E-state index in [2.05, 4.69) is 27.5 Å². The molecule has 1 aromatic carbocycles. The van der Waals surface area contributed by atoms with Crippen LogP contribution < -0.4 is 5.32 Å². The molecule has 0 fully saturated rings. The maximum atomic E-state index is 12.7. The van der Waals surface area contributed by atoms with Crippen molar-refractivity contribution in [1.29, 1.82) is 0 Å². The molecule has 2 aromatic heterocycles. The van der Waals surface area contributed by atoms with Crippen molar-refractivity contribution in [3.63, 3.8) is 0 Å². The number of aromatic nitrogens is 3. The fourth-order valence-corrected chi connectivity index (χ4v) is 2.28. The second-order valence-corrected chi connectivity index (χ2v) is 7.04. The van der Waals surface area contributed by atoms with Crippen LogP contribution in [0.25, 0.3) is 11.6 Å². The Morgan fingerprint density at radius 1 is 1.20 bits per heavy atom. The van der Waals surface area contributed by atoms with Gasteiger partial charge in [-0.25, -0.2) is 0 Å². The Hall–Kier alpha value is -2.89. The minimum Gasteiger partial charge on any atom is -0.461 e. The quantitative estimate of drug-likeness (QED) is 0.774. The van der Waals surface area contributed by atoms with Crippen molar-refractivity contribution in [2.75, 3.05) is 5.32 Å². The number of nitrogens with one attached hydrogen (secondary N) is 1. The van der Waals surface area contributed by atoms with Crippen LogP contribution in [0.4, 0.5) is 5.95 Å². The molecular weight excluding hydrogens is 316 g/mol. The summed E-state index contributed by atoms with van der Waals surface area (Å²) in [5, 5.41) is 7.56. The lowest BCUT2D eigenvalue weighted by atomic mass is 9.96. The van der Waals surface area contributed by atoms with E-state index in [1.165, 1.54) is 10.2 Å².